The molecule has 1 aromatic heterocycles. The Labute approximate surface area is 181 Å². The molecular formula is C23H12F6N4. The molecule has 1 N–H and O–H groups in total. The highest BCUT2D eigenvalue weighted by Crippen LogP contribution is 2.39. The molecular weight excluding hydrogens is 446 g/mol. The lowest BCUT2D eigenvalue weighted by Crippen LogP contribution is -2.30. The molecule has 0 saturated carbocycles. The van der Waals surface area contributed by atoms with Crippen LogP contribution < -0.4 is 15.9 Å². The third kappa shape index (κ3) is 3.88. The lowest BCUT2D eigenvalue weighted by molar-refractivity contribution is -0.143. The summed E-state index contributed by atoms with van der Waals surface area (Å²) < 4.78 is 79.2. The van der Waals surface area contributed by atoms with E-state index in [4.69, 9.17) is 0 Å². The van der Waals surface area contributed by atoms with E-state index < -0.39 is 29.2 Å². The van der Waals surface area contributed by atoms with E-state index in [9.17, 15) is 26.3 Å². The first-order chi connectivity index (χ1) is 15.6. The highest BCUT2D eigenvalue weighted by atomic mass is 19.4. The standard InChI is InChI=1S/C23H12F6N4/c24-22(25,26)14-8-15(23(27,28)29)10-16(9-14)31-21-18-4-2-1-3-17(18)20(32-33-21)12-5-6-13-11-30-19(13)7-12/h1-11H,(H,31,33). The minimum atomic E-state index is -4.95. The van der Waals surface area contributed by atoms with E-state index in [0.717, 1.165) is 16.1 Å². The van der Waals surface area contributed by atoms with Crippen LogP contribution in [0.5, 0.6) is 0 Å². The fraction of sp³-hybridized carbons (Fsp3) is 0.0870. The molecule has 0 spiro atoms. The molecule has 0 radical (unpaired) electrons. The van der Waals surface area contributed by atoms with E-state index in [1.807, 2.05) is 18.2 Å². The number of aromatic nitrogens is 2. The number of hydrogen-bond acceptors (Lipinski definition) is 4. The number of benzene rings is 3. The molecule has 33 heavy (non-hydrogen) atoms. The molecule has 5 rings (SSSR count). The summed E-state index contributed by atoms with van der Waals surface area (Å²) in [5.41, 5.74) is -1.99. The van der Waals surface area contributed by atoms with Crippen LogP contribution in [0.1, 0.15) is 11.1 Å². The predicted molar refractivity (Wildman–Crippen MR) is 110 cm³/mol. The third-order valence-electron chi connectivity index (χ3n) is 5.18. The summed E-state index contributed by atoms with van der Waals surface area (Å²) >= 11 is 0. The summed E-state index contributed by atoms with van der Waals surface area (Å²) in [6.45, 7) is 0. The van der Waals surface area contributed by atoms with Gasteiger partial charge in [0.05, 0.1) is 16.5 Å². The molecule has 166 valence electrons. The molecule has 10 heteroatoms. The van der Waals surface area contributed by atoms with Crippen LogP contribution >= 0.6 is 0 Å². The molecule has 0 unspecified atom stereocenters. The highest BCUT2D eigenvalue weighted by molar-refractivity contribution is 6.00. The molecule has 4 aromatic rings. The second-order valence-electron chi connectivity index (χ2n) is 7.39. The van der Waals surface area contributed by atoms with E-state index in [-0.39, 0.29) is 11.9 Å². The Morgan fingerprint density at radius 2 is 1.36 bits per heavy atom. The van der Waals surface area contributed by atoms with E-state index in [1.165, 1.54) is 0 Å². The Morgan fingerprint density at radius 3 is 1.94 bits per heavy atom. The maximum Gasteiger partial charge on any atom is 0.416 e. The summed E-state index contributed by atoms with van der Waals surface area (Å²) in [4.78, 5) is 4.16. The number of alkyl halides is 6. The Hall–Kier alpha value is -3.95. The highest BCUT2D eigenvalue weighted by Gasteiger charge is 2.37. The van der Waals surface area contributed by atoms with E-state index in [2.05, 4.69) is 20.5 Å². The number of halogens is 6. The number of nitrogens with one attached hydrogen (secondary N) is 1. The van der Waals surface area contributed by atoms with Gasteiger partial charge in [0.2, 0.25) is 0 Å². The number of anilines is 2. The molecule has 0 atom stereocenters. The Morgan fingerprint density at radius 1 is 0.697 bits per heavy atom. The first-order valence-electron chi connectivity index (χ1n) is 9.60. The van der Waals surface area contributed by atoms with Gasteiger partial charge in [-0.3, -0.25) is 4.99 Å². The summed E-state index contributed by atoms with van der Waals surface area (Å²) in [7, 11) is 0. The van der Waals surface area contributed by atoms with Crippen LogP contribution in [-0.2, 0) is 12.4 Å². The van der Waals surface area contributed by atoms with E-state index >= 15 is 0 Å². The van der Waals surface area contributed by atoms with Gasteiger partial charge < -0.3 is 5.32 Å². The molecule has 0 aliphatic carbocycles. The predicted octanol–water partition coefficient (Wildman–Crippen LogP) is 5.45. The van der Waals surface area contributed by atoms with Crippen LogP contribution in [-0.4, -0.2) is 10.2 Å². The summed E-state index contributed by atoms with van der Waals surface area (Å²) in [5, 5.41) is 13.8. The van der Waals surface area contributed by atoms with Crippen molar-refractivity contribution in [3.63, 3.8) is 0 Å². The molecule has 3 aromatic carbocycles. The second-order valence-corrected chi connectivity index (χ2v) is 7.39. The van der Waals surface area contributed by atoms with Gasteiger partial charge in [0.15, 0.2) is 5.82 Å². The molecule has 0 amide bonds. The number of rotatable bonds is 3. The first kappa shape index (κ1) is 20.9. The van der Waals surface area contributed by atoms with Gasteiger partial charge >= 0.3 is 12.4 Å². The Balaban J connectivity index is 1.62. The van der Waals surface area contributed by atoms with Crippen LogP contribution in [0.25, 0.3) is 28.2 Å². The smallest absolute Gasteiger partial charge is 0.338 e. The topological polar surface area (TPSA) is 50.2 Å². The fourth-order valence-electron chi connectivity index (χ4n) is 3.56. The van der Waals surface area contributed by atoms with Crippen molar-refractivity contribution in [2.75, 3.05) is 5.32 Å². The molecule has 0 saturated heterocycles. The zero-order chi connectivity index (χ0) is 23.4. The van der Waals surface area contributed by atoms with Crippen molar-refractivity contribution in [2.24, 2.45) is 4.99 Å². The average Bonchev–Trinajstić information content (AvgIpc) is 2.74. The van der Waals surface area contributed by atoms with Crippen LogP contribution in [0, 0.1) is 0 Å². The minimum absolute atomic E-state index is 0.0313. The van der Waals surface area contributed by atoms with Crippen LogP contribution in [0.15, 0.2) is 65.7 Å². The van der Waals surface area contributed by atoms with E-state index in [0.29, 0.717) is 28.6 Å². The molecule has 0 bridgehead atoms. The molecule has 0 fully saturated rings. The van der Waals surface area contributed by atoms with Crippen molar-refractivity contribution < 1.29 is 26.3 Å². The average molecular weight is 458 g/mol. The van der Waals surface area contributed by atoms with Gasteiger partial charge in [0, 0.05) is 33.4 Å². The lowest BCUT2D eigenvalue weighted by Gasteiger charge is -2.16. The van der Waals surface area contributed by atoms with Crippen LogP contribution in [0.2, 0.25) is 0 Å². The Bertz CT molecular complexity index is 1490. The summed E-state index contributed by atoms with van der Waals surface area (Å²) in [5.74, 6) is 0.0313. The maximum absolute atomic E-state index is 13.2. The van der Waals surface area contributed by atoms with Crippen molar-refractivity contribution in [3.8, 4) is 11.3 Å². The molecule has 1 aliphatic rings. The first-order valence-corrected chi connectivity index (χ1v) is 9.60. The normalized spacial score (nSPS) is 13.0. The van der Waals surface area contributed by atoms with Crippen molar-refractivity contribution >= 4 is 28.5 Å². The second kappa shape index (κ2) is 7.29. The third-order valence-corrected chi connectivity index (χ3v) is 5.18. The molecule has 1 aliphatic heterocycles. The number of nitrogens with zero attached hydrogens (tertiary/aromatic N) is 3. The van der Waals surface area contributed by atoms with Crippen molar-refractivity contribution in [3.05, 3.63) is 82.4 Å². The molecule has 2 heterocycles. The SMILES string of the molecule is FC(F)(F)c1cc(Nc2nnc(-c3ccc4c(c3)=NC=4)c3ccccc23)cc(C(F)(F)F)c1. The van der Waals surface area contributed by atoms with E-state index in [1.54, 1.807) is 30.5 Å². The van der Waals surface area contributed by atoms with Crippen molar-refractivity contribution in [1.29, 1.82) is 0 Å². The fourth-order valence-corrected chi connectivity index (χ4v) is 3.56. The summed E-state index contributed by atoms with van der Waals surface area (Å²) in [6.07, 6.45) is -8.18. The number of fused-ring (bicyclic) bond motifs is 2. The summed E-state index contributed by atoms with van der Waals surface area (Å²) in [6, 6.07) is 13.7. The van der Waals surface area contributed by atoms with Crippen LogP contribution in [0.4, 0.5) is 37.8 Å². The quantitative estimate of drug-likeness (QED) is 0.416. The monoisotopic (exact) mass is 458 g/mol. The Kier molecular flexibility index (Phi) is 4.62. The zero-order valence-electron chi connectivity index (χ0n) is 16.5. The van der Waals surface area contributed by atoms with Gasteiger partial charge in [0.1, 0.15) is 5.69 Å². The van der Waals surface area contributed by atoms with Gasteiger partial charge in [-0.25, -0.2) is 0 Å². The zero-order valence-corrected chi connectivity index (χ0v) is 16.5. The van der Waals surface area contributed by atoms with Gasteiger partial charge in [-0.2, -0.15) is 26.3 Å². The maximum atomic E-state index is 13.2. The minimum Gasteiger partial charge on any atom is -0.338 e. The lowest BCUT2D eigenvalue weighted by atomic mass is 10.0. The number of hydrogen-bond donors (Lipinski definition) is 1. The molecule has 4 nitrogen and oxygen atoms in total. The largest absolute Gasteiger partial charge is 0.416 e. The van der Waals surface area contributed by atoms with Gasteiger partial charge in [-0.1, -0.05) is 36.4 Å². The van der Waals surface area contributed by atoms with Gasteiger partial charge in [0.25, 0.3) is 0 Å². The van der Waals surface area contributed by atoms with Crippen molar-refractivity contribution in [2.45, 2.75) is 12.4 Å². The van der Waals surface area contributed by atoms with Crippen molar-refractivity contribution in [1.82, 2.24) is 10.2 Å². The van der Waals surface area contributed by atoms with Crippen LogP contribution in [0.3, 0.4) is 0 Å². The van der Waals surface area contributed by atoms with Gasteiger partial charge in [-0.15, -0.1) is 10.2 Å². The van der Waals surface area contributed by atoms with Gasteiger partial charge in [-0.05, 0) is 24.3 Å².